The van der Waals surface area contributed by atoms with E-state index in [1.54, 1.807) is 11.3 Å². The van der Waals surface area contributed by atoms with E-state index >= 15 is 0 Å². The lowest BCUT2D eigenvalue weighted by Crippen LogP contribution is -2.17. The summed E-state index contributed by atoms with van der Waals surface area (Å²) in [5.41, 5.74) is 2.50. The molecule has 1 aliphatic heterocycles. The van der Waals surface area contributed by atoms with Gasteiger partial charge in [0.25, 0.3) is 0 Å². The summed E-state index contributed by atoms with van der Waals surface area (Å²) in [5, 5.41) is 3.54. The molecule has 5 heteroatoms. The number of benzene rings is 1. The van der Waals surface area contributed by atoms with Crippen LogP contribution in [0.2, 0.25) is 4.34 Å². The molecule has 3 rings (SSSR count). The van der Waals surface area contributed by atoms with Crippen molar-refractivity contribution in [2.75, 3.05) is 6.61 Å². The smallest absolute Gasteiger partial charge is 0.127 e. The summed E-state index contributed by atoms with van der Waals surface area (Å²) < 4.78 is 7.70. The summed E-state index contributed by atoms with van der Waals surface area (Å²) in [6.07, 6.45) is 0.998. The molecule has 0 spiro atoms. The quantitative estimate of drug-likeness (QED) is 0.820. The van der Waals surface area contributed by atoms with E-state index in [1.165, 1.54) is 16.0 Å². The molecule has 1 aliphatic rings. The van der Waals surface area contributed by atoms with Crippen LogP contribution in [-0.4, -0.2) is 6.61 Å². The van der Waals surface area contributed by atoms with E-state index in [0.717, 1.165) is 34.1 Å². The van der Waals surface area contributed by atoms with Crippen molar-refractivity contribution < 1.29 is 4.74 Å². The predicted molar refractivity (Wildman–Crippen MR) is 87.9 cm³/mol. The van der Waals surface area contributed by atoms with Gasteiger partial charge in [0.15, 0.2) is 0 Å². The molecule has 0 saturated carbocycles. The van der Waals surface area contributed by atoms with Gasteiger partial charge in [0.2, 0.25) is 0 Å². The van der Waals surface area contributed by atoms with Crippen molar-refractivity contribution in [2.45, 2.75) is 25.9 Å². The molecule has 20 heavy (non-hydrogen) atoms. The van der Waals surface area contributed by atoms with Crippen LogP contribution in [0.1, 0.15) is 29.0 Å². The number of thiophene rings is 1. The molecule has 1 atom stereocenters. The molecule has 1 aromatic heterocycles. The highest BCUT2D eigenvalue weighted by Gasteiger charge is 2.18. The summed E-state index contributed by atoms with van der Waals surface area (Å²) in [4.78, 5) is 1.25. The van der Waals surface area contributed by atoms with Crippen LogP contribution in [-0.2, 0) is 13.0 Å². The summed E-state index contributed by atoms with van der Waals surface area (Å²) in [5.74, 6) is 1.05. The first-order chi connectivity index (χ1) is 9.63. The van der Waals surface area contributed by atoms with Crippen LogP contribution < -0.4 is 10.1 Å². The normalized spacial score (nSPS) is 14.9. The molecule has 0 amide bonds. The molecule has 2 nitrogen and oxygen atoms in total. The molecule has 2 aromatic rings. The highest BCUT2D eigenvalue weighted by Crippen LogP contribution is 2.33. The van der Waals surface area contributed by atoms with Gasteiger partial charge in [-0.25, -0.2) is 0 Å². The van der Waals surface area contributed by atoms with Crippen molar-refractivity contribution in [2.24, 2.45) is 0 Å². The third-order valence-electron chi connectivity index (χ3n) is 3.44. The number of fused-ring (bicyclic) bond motifs is 1. The molecular formula is C15H15BrClNOS. The fourth-order valence-corrected chi connectivity index (χ4v) is 4.04. The lowest BCUT2D eigenvalue weighted by atomic mass is 10.1. The van der Waals surface area contributed by atoms with E-state index in [2.05, 4.69) is 46.4 Å². The minimum absolute atomic E-state index is 0.281. The van der Waals surface area contributed by atoms with Gasteiger partial charge in [-0.15, -0.1) is 11.3 Å². The Morgan fingerprint density at radius 2 is 2.30 bits per heavy atom. The molecule has 0 aliphatic carbocycles. The Hall–Kier alpha value is -0.550. The highest BCUT2D eigenvalue weighted by molar-refractivity contribution is 9.10. The summed E-state index contributed by atoms with van der Waals surface area (Å²) in [6, 6.07) is 8.58. The van der Waals surface area contributed by atoms with Gasteiger partial charge < -0.3 is 10.1 Å². The summed E-state index contributed by atoms with van der Waals surface area (Å²) >= 11 is 11.2. The third-order valence-corrected chi connectivity index (χ3v) is 5.32. The molecule has 1 aromatic carbocycles. The van der Waals surface area contributed by atoms with Crippen molar-refractivity contribution in [1.82, 2.24) is 5.32 Å². The Labute approximate surface area is 136 Å². The molecule has 106 valence electrons. The van der Waals surface area contributed by atoms with Crippen LogP contribution in [0.15, 0.2) is 28.7 Å². The molecule has 1 N–H and O–H groups in total. The molecule has 0 radical (unpaired) electrons. The Kier molecular flexibility index (Phi) is 4.36. The van der Waals surface area contributed by atoms with Gasteiger partial charge in [-0.3, -0.25) is 0 Å². The number of halogens is 2. The highest BCUT2D eigenvalue weighted by atomic mass is 79.9. The second-order valence-electron chi connectivity index (χ2n) is 4.90. The van der Waals surface area contributed by atoms with Crippen LogP contribution >= 0.6 is 38.9 Å². The van der Waals surface area contributed by atoms with Crippen molar-refractivity contribution in [1.29, 1.82) is 0 Å². The second kappa shape index (κ2) is 6.06. The standard InChI is InChI=1S/C15H15BrClNOS/c1-9(13-2-3-14(17)20-13)18-8-11-7-12(16)6-10-4-5-19-15(10)11/h2-3,6-7,9,18H,4-5,8H2,1H3. The minimum Gasteiger partial charge on any atom is -0.493 e. The zero-order chi connectivity index (χ0) is 14.1. The van der Waals surface area contributed by atoms with Gasteiger partial charge in [0, 0.05) is 33.9 Å². The van der Waals surface area contributed by atoms with Crippen molar-refractivity contribution in [3.63, 3.8) is 0 Å². The Bertz CT molecular complexity index is 628. The Morgan fingerprint density at radius 1 is 1.45 bits per heavy atom. The molecule has 1 unspecified atom stereocenters. The van der Waals surface area contributed by atoms with Crippen LogP contribution in [0.3, 0.4) is 0 Å². The Balaban J connectivity index is 1.73. The number of rotatable bonds is 4. The van der Waals surface area contributed by atoms with Crippen LogP contribution in [0.25, 0.3) is 0 Å². The molecular weight excluding hydrogens is 358 g/mol. The topological polar surface area (TPSA) is 21.3 Å². The van der Waals surface area contributed by atoms with Gasteiger partial charge in [-0.1, -0.05) is 27.5 Å². The van der Waals surface area contributed by atoms with E-state index in [-0.39, 0.29) is 6.04 Å². The zero-order valence-electron chi connectivity index (χ0n) is 11.1. The van der Waals surface area contributed by atoms with Crippen molar-refractivity contribution in [3.8, 4) is 5.75 Å². The fourth-order valence-electron chi connectivity index (χ4n) is 2.40. The zero-order valence-corrected chi connectivity index (χ0v) is 14.2. The minimum atomic E-state index is 0.281. The van der Waals surface area contributed by atoms with Gasteiger partial charge in [-0.2, -0.15) is 0 Å². The van der Waals surface area contributed by atoms with Gasteiger partial charge >= 0.3 is 0 Å². The van der Waals surface area contributed by atoms with Crippen LogP contribution in [0.4, 0.5) is 0 Å². The largest absolute Gasteiger partial charge is 0.493 e. The average molecular weight is 373 g/mol. The first-order valence-electron chi connectivity index (χ1n) is 6.56. The number of hydrogen-bond acceptors (Lipinski definition) is 3. The fraction of sp³-hybridized carbons (Fsp3) is 0.333. The maximum Gasteiger partial charge on any atom is 0.127 e. The predicted octanol–water partition coefficient (Wildman–Crippen LogP) is 4.95. The first kappa shape index (κ1) is 14.4. The molecule has 2 heterocycles. The summed E-state index contributed by atoms with van der Waals surface area (Å²) in [6.45, 7) is 3.73. The molecule has 0 fully saturated rings. The Morgan fingerprint density at radius 3 is 3.05 bits per heavy atom. The number of hydrogen-bond donors (Lipinski definition) is 1. The van der Waals surface area contributed by atoms with Gasteiger partial charge in [0.05, 0.1) is 10.9 Å². The van der Waals surface area contributed by atoms with E-state index in [9.17, 15) is 0 Å². The second-order valence-corrected chi connectivity index (χ2v) is 7.56. The third kappa shape index (κ3) is 3.03. The molecule has 0 bridgehead atoms. The SMILES string of the molecule is CC(NCc1cc(Br)cc2c1OCC2)c1ccc(Cl)s1. The monoisotopic (exact) mass is 371 g/mol. The van der Waals surface area contributed by atoms with Crippen LogP contribution in [0, 0.1) is 0 Å². The maximum absolute atomic E-state index is 5.98. The van der Waals surface area contributed by atoms with E-state index in [4.69, 9.17) is 16.3 Å². The average Bonchev–Trinajstić information content (AvgIpc) is 3.03. The first-order valence-corrected chi connectivity index (χ1v) is 8.55. The van der Waals surface area contributed by atoms with E-state index in [0.29, 0.717) is 0 Å². The van der Waals surface area contributed by atoms with E-state index < -0.39 is 0 Å². The lowest BCUT2D eigenvalue weighted by molar-refractivity contribution is 0.351. The van der Waals surface area contributed by atoms with Gasteiger partial charge in [0.1, 0.15) is 5.75 Å². The van der Waals surface area contributed by atoms with Gasteiger partial charge in [-0.05, 0) is 36.8 Å². The number of nitrogens with one attached hydrogen (secondary N) is 1. The van der Waals surface area contributed by atoms with Crippen molar-refractivity contribution >= 4 is 38.9 Å². The van der Waals surface area contributed by atoms with Crippen molar-refractivity contribution in [3.05, 3.63) is 49.1 Å². The lowest BCUT2D eigenvalue weighted by Gasteiger charge is -2.14. The number of ether oxygens (including phenoxy) is 1. The van der Waals surface area contributed by atoms with Crippen LogP contribution in [0.5, 0.6) is 5.75 Å². The maximum atomic E-state index is 5.98. The summed E-state index contributed by atoms with van der Waals surface area (Å²) in [7, 11) is 0. The molecule has 0 saturated heterocycles. The van der Waals surface area contributed by atoms with E-state index in [1.807, 2.05) is 6.07 Å².